The summed E-state index contributed by atoms with van der Waals surface area (Å²) in [6, 6.07) is 13.2. The van der Waals surface area contributed by atoms with Gasteiger partial charge in [0.2, 0.25) is 0 Å². The molecule has 1 N–H and O–H groups in total. The van der Waals surface area contributed by atoms with Gasteiger partial charge in [0.15, 0.2) is 0 Å². The molecule has 0 aliphatic carbocycles. The number of hydrogen-bond acceptors (Lipinski definition) is 2. The van der Waals surface area contributed by atoms with Gasteiger partial charge in [-0.05, 0) is 34.4 Å². The van der Waals surface area contributed by atoms with Crippen LogP contribution in [0.5, 0.6) is 0 Å². The molecule has 96 valence electrons. The molecule has 3 rings (SSSR count). The molecule has 0 aliphatic rings. The molecule has 0 heterocycles. The zero-order valence-electron chi connectivity index (χ0n) is 9.67. The van der Waals surface area contributed by atoms with Crippen LogP contribution in [0.15, 0.2) is 53.4 Å². The monoisotopic (exact) mass is 276 g/mol. The van der Waals surface area contributed by atoms with Crippen molar-refractivity contribution in [2.24, 2.45) is 0 Å². The molecule has 0 amide bonds. The second-order valence-electron chi connectivity index (χ2n) is 4.27. The maximum absolute atomic E-state index is 13.7. The smallest absolute Gasteiger partial charge is 0.282 e. The van der Waals surface area contributed by atoms with E-state index in [9.17, 15) is 17.4 Å². The molecular weight excluding hydrogens is 267 g/mol. The molecule has 0 spiro atoms. The van der Waals surface area contributed by atoms with E-state index in [1.807, 2.05) is 12.1 Å². The van der Waals surface area contributed by atoms with E-state index in [0.29, 0.717) is 5.39 Å². The second kappa shape index (κ2) is 4.01. The van der Waals surface area contributed by atoms with Crippen molar-refractivity contribution in [3.8, 4) is 0 Å². The summed E-state index contributed by atoms with van der Waals surface area (Å²) in [5.41, 5.74) is 0. The number of rotatable bonds is 1. The molecular formula is C14H9FO3S. The molecule has 0 bridgehead atoms. The van der Waals surface area contributed by atoms with Gasteiger partial charge in [-0.1, -0.05) is 30.3 Å². The van der Waals surface area contributed by atoms with E-state index >= 15 is 0 Å². The van der Waals surface area contributed by atoms with Crippen LogP contribution < -0.4 is 0 Å². The van der Waals surface area contributed by atoms with Crippen LogP contribution in [-0.2, 0) is 10.1 Å². The molecule has 0 aliphatic heterocycles. The zero-order valence-corrected chi connectivity index (χ0v) is 10.5. The van der Waals surface area contributed by atoms with E-state index in [2.05, 4.69) is 0 Å². The summed E-state index contributed by atoms with van der Waals surface area (Å²) in [4.78, 5) is -0.671. The van der Waals surface area contributed by atoms with Crippen molar-refractivity contribution in [1.82, 2.24) is 0 Å². The van der Waals surface area contributed by atoms with Gasteiger partial charge in [-0.3, -0.25) is 4.55 Å². The Morgan fingerprint density at radius 2 is 1.53 bits per heavy atom. The van der Waals surface area contributed by atoms with Gasteiger partial charge in [0, 0.05) is 5.39 Å². The lowest BCUT2D eigenvalue weighted by atomic mass is 10.0. The molecule has 0 atom stereocenters. The minimum Gasteiger partial charge on any atom is -0.282 e. The first kappa shape index (κ1) is 12.1. The van der Waals surface area contributed by atoms with E-state index < -0.39 is 20.8 Å². The van der Waals surface area contributed by atoms with Crippen molar-refractivity contribution in [1.29, 1.82) is 0 Å². The summed E-state index contributed by atoms with van der Waals surface area (Å²) in [6.45, 7) is 0. The quantitative estimate of drug-likeness (QED) is 0.547. The Morgan fingerprint density at radius 1 is 0.895 bits per heavy atom. The lowest BCUT2D eigenvalue weighted by Crippen LogP contribution is -2.02. The Bertz CT molecular complexity index is 901. The fourth-order valence-corrected chi connectivity index (χ4v) is 2.99. The molecule has 0 saturated carbocycles. The summed E-state index contributed by atoms with van der Waals surface area (Å²) in [6.07, 6.45) is 0. The minimum atomic E-state index is -4.60. The van der Waals surface area contributed by atoms with Gasteiger partial charge >= 0.3 is 0 Å². The van der Waals surface area contributed by atoms with E-state index in [0.717, 1.165) is 16.8 Å². The van der Waals surface area contributed by atoms with Crippen molar-refractivity contribution in [3.05, 3.63) is 54.3 Å². The largest absolute Gasteiger partial charge is 0.298 e. The third-order valence-electron chi connectivity index (χ3n) is 3.05. The van der Waals surface area contributed by atoms with Crippen LogP contribution in [0.2, 0.25) is 0 Å². The first-order valence-corrected chi connectivity index (χ1v) is 6.99. The van der Waals surface area contributed by atoms with Gasteiger partial charge in [0.1, 0.15) is 10.7 Å². The number of benzene rings is 3. The zero-order chi connectivity index (χ0) is 13.6. The highest BCUT2D eigenvalue weighted by Crippen LogP contribution is 2.29. The highest BCUT2D eigenvalue weighted by atomic mass is 32.2. The highest BCUT2D eigenvalue weighted by molar-refractivity contribution is 7.86. The maximum Gasteiger partial charge on any atom is 0.298 e. The van der Waals surface area contributed by atoms with E-state index in [-0.39, 0.29) is 5.39 Å². The molecule has 0 unspecified atom stereocenters. The minimum absolute atomic E-state index is 0.182. The van der Waals surface area contributed by atoms with Gasteiger partial charge in [0.25, 0.3) is 10.1 Å². The fraction of sp³-hybridized carbons (Fsp3) is 0. The normalized spacial score (nSPS) is 12.1. The first-order valence-electron chi connectivity index (χ1n) is 5.55. The Balaban J connectivity index is 2.55. The molecule has 19 heavy (non-hydrogen) atoms. The fourth-order valence-electron chi connectivity index (χ4n) is 2.22. The van der Waals surface area contributed by atoms with Crippen LogP contribution in [0.1, 0.15) is 0 Å². The van der Waals surface area contributed by atoms with Gasteiger partial charge < -0.3 is 0 Å². The predicted octanol–water partition coefficient (Wildman–Crippen LogP) is 3.38. The Morgan fingerprint density at radius 3 is 2.16 bits per heavy atom. The highest BCUT2D eigenvalue weighted by Gasteiger charge is 2.19. The van der Waals surface area contributed by atoms with E-state index in [1.165, 1.54) is 6.07 Å². The van der Waals surface area contributed by atoms with Crippen LogP contribution in [0, 0.1) is 5.82 Å². The summed E-state index contributed by atoms with van der Waals surface area (Å²) in [5.74, 6) is -0.953. The van der Waals surface area contributed by atoms with Gasteiger partial charge in [-0.25, -0.2) is 4.39 Å². The van der Waals surface area contributed by atoms with Crippen LogP contribution in [-0.4, -0.2) is 13.0 Å². The molecule has 0 saturated heterocycles. The summed E-state index contributed by atoms with van der Waals surface area (Å²) in [5, 5.41) is 2.45. The van der Waals surface area contributed by atoms with Crippen LogP contribution >= 0.6 is 0 Å². The summed E-state index contributed by atoms with van der Waals surface area (Å²) in [7, 11) is -4.60. The van der Waals surface area contributed by atoms with Crippen LogP contribution in [0.3, 0.4) is 0 Å². The third kappa shape index (κ3) is 1.97. The van der Waals surface area contributed by atoms with Crippen molar-refractivity contribution >= 4 is 31.7 Å². The van der Waals surface area contributed by atoms with Crippen molar-refractivity contribution in [2.75, 3.05) is 0 Å². The first-order chi connectivity index (χ1) is 8.97. The lowest BCUT2D eigenvalue weighted by Gasteiger charge is -2.07. The van der Waals surface area contributed by atoms with Gasteiger partial charge in [-0.2, -0.15) is 8.42 Å². The average Bonchev–Trinajstić information content (AvgIpc) is 2.34. The van der Waals surface area contributed by atoms with Gasteiger partial charge in [0.05, 0.1) is 0 Å². The van der Waals surface area contributed by atoms with Crippen molar-refractivity contribution < 1.29 is 17.4 Å². The number of halogens is 1. The molecule has 3 nitrogen and oxygen atoms in total. The standard InChI is InChI=1S/C14H9FO3S/c15-13-6-5-11-7-9-3-1-2-4-10(9)8-12(11)14(13)19(16,17)18/h1-8H,(H,16,17,18). The van der Waals surface area contributed by atoms with E-state index in [4.69, 9.17) is 0 Å². The van der Waals surface area contributed by atoms with Gasteiger partial charge in [-0.15, -0.1) is 0 Å². The second-order valence-corrected chi connectivity index (χ2v) is 5.63. The maximum atomic E-state index is 13.7. The molecule has 3 aromatic rings. The number of hydrogen-bond donors (Lipinski definition) is 1. The van der Waals surface area contributed by atoms with Crippen LogP contribution in [0.25, 0.3) is 21.5 Å². The topological polar surface area (TPSA) is 54.4 Å². The summed E-state index contributed by atoms with van der Waals surface area (Å²) < 4.78 is 45.5. The predicted molar refractivity (Wildman–Crippen MR) is 71.2 cm³/mol. The molecule has 3 aromatic carbocycles. The summed E-state index contributed by atoms with van der Waals surface area (Å²) >= 11 is 0. The molecule has 0 fully saturated rings. The van der Waals surface area contributed by atoms with Crippen LogP contribution in [0.4, 0.5) is 4.39 Å². The molecule has 0 aromatic heterocycles. The Kier molecular flexibility index (Phi) is 2.55. The Hall–Kier alpha value is -1.98. The SMILES string of the molecule is O=S(=O)(O)c1c(F)ccc2cc3ccccc3cc12. The van der Waals surface area contributed by atoms with E-state index in [1.54, 1.807) is 24.3 Å². The Labute approximate surface area is 109 Å². The number of fused-ring (bicyclic) bond motifs is 2. The average molecular weight is 276 g/mol. The van der Waals surface area contributed by atoms with Crippen molar-refractivity contribution in [2.45, 2.75) is 4.90 Å². The molecule has 5 heteroatoms. The van der Waals surface area contributed by atoms with Crippen molar-refractivity contribution in [3.63, 3.8) is 0 Å². The lowest BCUT2D eigenvalue weighted by molar-refractivity contribution is 0.475. The third-order valence-corrected chi connectivity index (χ3v) is 3.98. The molecule has 0 radical (unpaired) electrons.